The van der Waals surface area contributed by atoms with E-state index in [0.717, 1.165) is 12.3 Å². The Hall–Kier alpha value is -5.12. The van der Waals surface area contributed by atoms with E-state index in [9.17, 15) is 22.0 Å². The second kappa shape index (κ2) is 11.5. The van der Waals surface area contributed by atoms with Crippen LogP contribution in [0.25, 0.3) is 28.1 Å². The third-order valence-electron chi connectivity index (χ3n) is 6.70. The molecule has 5 aromatic heterocycles. The number of alkyl halides is 5. The standard InChI is InChI=1S/C27H17ClF6N10/c28-18-2-4-21(43-14-37-40-41-43)24(25(18)29)16-1-3-19(36-11-16)22(9-15-5-7-35-23(10-15)27(32,33)34)42-13-17(12-39-42)20-6-8-38-44(20)26(30)31/h1-8,10-14,22,26H,9H2/t22-/m1/s1. The third kappa shape index (κ3) is 5.62. The van der Waals surface area contributed by atoms with Gasteiger partial charge >= 0.3 is 12.7 Å². The fraction of sp³-hybridized carbons (Fsp3) is 0.148. The Morgan fingerprint density at radius 3 is 2.45 bits per heavy atom. The maximum absolute atomic E-state index is 15.3. The van der Waals surface area contributed by atoms with Crippen molar-refractivity contribution in [3.63, 3.8) is 0 Å². The van der Waals surface area contributed by atoms with E-state index >= 15 is 4.39 Å². The van der Waals surface area contributed by atoms with Crippen LogP contribution in [0.15, 0.2) is 79.8 Å². The number of nitrogens with zero attached hydrogens (tertiary/aromatic N) is 10. The van der Waals surface area contributed by atoms with E-state index < -0.39 is 30.3 Å². The first-order valence-corrected chi connectivity index (χ1v) is 13.0. The Kier molecular flexibility index (Phi) is 7.59. The molecule has 0 fully saturated rings. The summed E-state index contributed by atoms with van der Waals surface area (Å²) in [6, 6.07) is 8.91. The molecule has 10 nitrogen and oxygen atoms in total. The van der Waals surface area contributed by atoms with Gasteiger partial charge in [0.05, 0.1) is 34.3 Å². The van der Waals surface area contributed by atoms with Crippen molar-refractivity contribution in [3.05, 3.63) is 108 Å². The average molecular weight is 631 g/mol. The summed E-state index contributed by atoms with van der Waals surface area (Å²) in [5.41, 5.74) is 0.555. The van der Waals surface area contributed by atoms with Gasteiger partial charge < -0.3 is 0 Å². The summed E-state index contributed by atoms with van der Waals surface area (Å²) in [6.07, 6.45) is 3.01. The van der Waals surface area contributed by atoms with E-state index in [4.69, 9.17) is 11.6 Å². The number of halogens is 7. The van der Waals surface area contributed by atoms with Crippen LogP contribution in [0.1, 0.15) is 29.5 Å². The molecule has 1 atom stereocenters. The van der Waals surface area contributed by atoms with Crippen molar-refractivity contribution >= 4 is 11.6 Å². The molecule has 0 bridgehead atoms. The maximum atomic E-state index is 15.3. The summed E-state index contributed by atoms with van der Waals surface area (Å²) >= 11 is 6.06. The van der Waals surface area contributed by atoms with Gasteiger partial charge in [0.1, 0.15) is 12.0 Å². The van der Waals surface area contributed by atoms with Crippen molar-refractivity contribution in [3.8, 4) is 28.1 Å². The predicted molar refractivity (Wildman–Crippen MR) is 143 cm³/mol. The lowest BCUT2D eigenvalue weighted by Gasteiger charge is -2.19. The third-order valence-corrected chi connectivity index (χ3v) is 6.99. The van der Waals surface area contributed by atoms with Crippen LogP contribution in [0.4, 0.5) is 26.3 Å². The number of aromatic nitrogens is 10. The van der Waals surface area contributed by atoms with Crippen molar-refractivity contribution in [2.75, 3.05) is 0 Å². The molecule has 5 heterocycles. The smallest absolute Gasteiger partial charge is 0.263 e. The second-order valence-electron chi connectivity index (χ2n) is 9.40. The van der Waals surface area contributed by atoms with Crippen molar-refractivity contribution < 1.29 is 26.3 Å². The van der Waals surface area contributed by atoms with Crippen LogP contribution < -0.4 is 0 Å². The van der Waals surface area contributed by atoms with Crippen LogP contribution in [0.2, 0.25) is 5.02 Å². The number of tetrazole rings is 1. The number of hydrogen-bond donors (Lipinski definition) is 0. The Balaban J connectivity index is 1.42. The van der Waals surface area contributed by atoms with Gasteiger partial charge in [0.15, 0.2) is 5.82 Å². The number of hydrogen-bond acceptors (Lipinski definition) is 7. The van der Waals surface area contributed by atoms with Gasteiger partial charge in [-0.2, -0.15) is 36.8 Å². The zero-order valence-corrected chi connectivity index (χ0v) is 22.7. The topological polar surface area (TPSA) is 105 Å². The Labute approximate surface area is 248 Å². The average Bonchev–Trinajstić information content (AvgIpc) is 3.79. The number of benzene rings is 1. The van der Waals surface area contributed by atoms with Gasteiger partial charge in [-0.15, -0.1) is 5.10 Å². The number of pyridine rings is 2. The zero-order chi connectivity index (χ0) is 31.0. The van der Waals surface area contributed by atoms with Gasteiger partial charge in [-0.25, -0.2) is 9.07 Å². The summed E-state index contributed by atoms with van der Waals surface area (Å²) < 4.78 is 85.6. The summed E-state index contributed by atoms with van der Waals surface area (Å²) in [5.74, 6) is -0.741. The molecule has 0 saturated heterocycles. The molecule has 44 heavy (non-hydrogen) atoms. The van der Waals surface area contributed by atoms with Crippen molar-refractivity contribution in [2.24, 2.45) is 0 Å². The molecule has 0 saturated carbocycles. The molecule has 0 amide bonds. The predicted octanol–water partition coefficient (Wildman–Crippen LogP) is 6.22. The summed E-state index contributed by atoms with van der Waals surface area (Å²) in [6.45, 7) is -2.91. The normalized spacial score (nSPS) is 12.6. The van der Waals surface area contributed by atoms with Crippen LogP contribution >= 0.6 is 11.6 Å². The molecule has 17 heteroatoms. The molecule has 0 N–H and O–H groups in total. The first-order chi connectivity index (χ1) is 21.1. The largest absolute Gasteiger partial charge is 0.433 e. The van der Waals surface area contributed by atoms with Crippen LogP contribution in [0, 0.1) is 5.82 Å². The molecule has 224 valence electrons. The summed E-state index contributed by atoms with van der Waals surface area (Å²) in [4.78, 5) is 7.91. The first kappa shape index (κ1) is 29.0. The highest BCUT2D eigenvalue weighted by Crippen LogP contribution is 2.35. The highest BCUT2D eigenvalue weighted by molar-refractivity contribution is 6.31. The SMILES string of the molecule is Fc1c(Cl)ccc(-n2cnnn2)c1-c1ccc([C@@H](Cc2ccnc(C(F)(F)F)c2)n2cc(-c3ccnn3C(F)F)cn2)nc1. The quantitative estimate of drug-likeness (QED) is 0.184. The summed E-state index contributed by atoms with van der Waals surface area (Å²) in [7, 11) is 0. The van der Waals surface area contributed by atoms with Gasteiger partial charge in [0.25, 0.3) is 0 Å². The molecule has 0 aliphatic carbocycles. The van der Waals surface area contributed by atoms with Gasteiger partial charge in [0, 0.05) is 47.9 Å². The molecule has 0 aliphatic heterocycles. The van der Waals surface area contributed by atoms with Crippen LogP contribution in [0.3, 0.4) is 0 Å². The molecule has 1 aromatic carbocycles. The Bertz CT molecular complexity index is 1900. The van der Waals surface area contributed by atoms with Gasteiger partial charge in [-0.05, 0) is 52.4 Å². The van der Waals surface area contributed by atoms with E-state index in [1.165, 1.54) is 64.7 Å². The highest BCUT2D eigenvalue weighted by atomic mass is 35.5. The zero-order valence-electron chi connectivity index (χ0n) is 22.0. The van der Waals surface area contributed by atoms with E-state index in [0.29, 0.717) is 21.5 Å². The molecule has 0 radical (unpaired) electrons. The van der Waals surface area contributed by atoms with Gasteiger partial charge in [-0.3, -0.25) is 14.6 Å². The lowest BCUT2D eigenvalue weighted by Crippen LogP contribution is -2.16. The first-order valence-electron chi connectivity index (χ1n) is 12.7. The van der Waals surface area contributed by atoms with Crippen LogP contribution in [-0.2, 0) is 12.6 Å². The molecule has 6 aromatic rings. The van der Waals surface area contributed by atoms with E-state index in [1.54, 1.807) is 12.1 Å². The molecule has 0 spiro atoms. The highest BCUT2D eigenvalue weighted by Gasteiger charge is 2.33. The van der Waals surface area contributed by atoms with E-state index in [2.05, 4.69) is 35.7 Å². The van der Waals surface area contributed by atoms with Gasteiger partial charge in [0.2, 0.25) is 0 Å². The maximum Gasteiger partial charge on any atom is 0.433 e. The molecule has 0 aliphatic rings. The Morgan fingerprint density at radius 1 is 0.909 bits per heavy atom. The fourth-order valence-electron chi connectivity index (χ4n) is 4.68. The minimum atomic E-state index is -4.67. The van der Waals surface area contributed by atoms with E-state index in [1.807, 2.05) is 0 Å². The lowest BCUT2D eigenvalue weighted by molar-refractivity contribution is -0.141. The number of rotatable bonds is 8. The van der Waals surface area contributed by atoms with E-state index in [-0.39, 0.29) is 34.0 Å². The van der Waals surface area contributed by atoms with Crippen LogP contribution in [-0.4, -0.2) is 49.7 Å². The molecule has 6 rings (SSSR count). The second-order valence-corrected chi connectivity index (χ2v) is 9.80. The van der Waals surface area contributed by atoms with Crippen molar-refractivity contribution in [1.29, 1.82) is 0 Å². The monoisotopic (exact) mass is 630 g/mol. The van der Waals surface area contributed by atoms with Crippen molar-refractivity contribution in [2.45, 2.75) is 25.2 Å². The Morgan fingerprint density at radius 2 is 1.75 bits per heavy atom. The summed E-state index contributed by atoms with van der Waals surface area (Å²) in [5, 5.41) is 18.8. The minimum Gasteiger partial charge on any atom is -0.263 e. The minimum absolute atomic E-state index is 0.0332. The van der Waals surface area contributed by atoms with Crippen molar-refractivity contribution in [1.82, 2.24) is 49.7 Å². The molecular weight excluding hydrogens is 614 g/mol. The molecular formula is C27H17ClF6N10. The lowest BCUT2D eigenvalue weighted by atomic mass is 10.0. The molecule has 0 unspecified atom stereocenters. The fourth-order valence-corrected chi connectivity index (χ4v) is 4.84. The van der Waals surface area contributed by atoms with Crippen LogP contribution in [0.5, 0.6) is 0 Å². The van der Waals surface area contributed by atoms with Gasteiger partial charge in [-0.1, -0.05) is 17.7 Å².